The van der Waals surface area contributed by atoms with Crippen LogP contribution in [0.3, 0.4) is 0 Å². The smallest absolute Gasteiger partial charge is 0.298 e. The highest BCUT2D eigenvalue weighted by Crippen LogP contribution is 2.25. The molecule has 0 saturated carbocycles. The molecular formula is C21H21ClF3N. The molecule has 1 aromatic carbocycles. The van der Waals surface area contributed by atoms with Gasteiger partial charge in [-0.05, 0) is 69.0 Å². The number of nitrogens with one attached hydrogen (secondary N) is 1. The second kappa shape index (κ2) is 9.00. The van der Waals surface area contributed by atoms with Crippen LogP contribution in [0.2, 0.25) is 0 Å². The van der Waals surface area contributed by atoms with Gasteiger partial charge in [0.2, 0.25) is 0 Å². The Hall–Kier alpha value is -2.12. The summed E-state index contributed by atoms with van der Waals surface area (Å²) >= 11 is 6.31. The maximum absolute atomic E-state index is 12.3. The molecule has 26 heavy (non-hydrogen) atoms. The number of rotatable bonds is 2. The summed E-state index contributed by atoms with van der Waals surface area (Å²) in [5, 5.41) is 2.11. The van der Waals surface area contributed by atoms with Gasteiger partial charge in [0.15, 0.2) is 0 Å². The minimum Gasteiger partial charge on any atom is -0.298 e. The Kier molecular flexibility index (Phi) is 6.99. The maximum atomic E-state index is 12.3. The van der Waals surface area contributed by atoms with Crippen LogP contribution in [-0.2, 0) is 0 Å². The molecule has 138 valence electrons. The second-order valence-electron chi connectivity index (χ2n) is 6.19. The predicted octanol–water partition coefficient (Wildman–Crippen LogP) is 6.93. The fraction of sp³-hybridized carbons (Fsp3) is 0.333. The van der Waals surface area contributed by atoms with Gasteiger partial charge in [-0.1, -0.05) is 41.5 Å². The summed E-state index contributed by atoms with van der Waals surface area (Å²) in [4.78, 5) is 0. The molecule has 1 N–H and O–H groups in total. The molecule has 0 aliphatic heterocycles. The van der Waals surface area contributed by atoms with E-state index in [4.69, 9.17) is 11.6 Å². The average molecular weight is 380 g/mol. The van der Waals surface area contributed by atoms with Crippen molar-refractivity contribution in [3.05, 3.63) is 63.7 Å². The number of allylic oxidation sites excluding steroid dienone is 6. The first-order valence-electron chi connectivity index (χ1n) is 8.50. The molecule has 2 rings (SSSR count). The first-order valence-corrected chi connectivity index (χ1v) is 8.88. The highest BCUT2D eigenvalue weighted by atomic mass is 35.5. The van der Waals surface area contributed by atoms with Gasteiger partial charge in [0.1, 0.15) is 0 Å². The number of alkyl halides is 3. The summed E-state index contributed by atoms with van der Waals surface area (Å²) in [7, 11) is 0. The van der Waals surface area contributed by atoms with Crippen LogP contribution < -0.4 is 5.32 Å². The van der Waals surface area contributed by atoms with E-state index in [1.165, 1.54) is 28.6 Å². The van der Waals surface area contributed by atoms with Crippen molar-refractivity contribution in [3.63, 3.8) is 0 Å². The topological polar surface area (TPSA) is 12.0 Å². The minimum atomic E-state index is -4.45. The molecule has 0 spiro atoms. The maximum Gasteiger partial charge on any atom is 0.482 e. The lowest BCUT2D eigenvalue weighted by Gasteiger charge is -2.09. The Bertz CT molecular complexity index is 787. The van der Waals surface area contributed by atoms with Crippen LogP contribution in [-0.4, -0.2) is 6.30 Å². The zero-order valence-electron chi connectivity index (χ0n) is 14.8. The van der Waals surface area contributed by atoms with Crippen LogP contribution in [0.5, 0.6) is 0 Å². The summed E-state index contributed by atoms with van der Waals surface area (Å²) in [6, 6.07) is 5.87. The molecule has 0 amide bonds. The Labute approximate surface area is 157 Å². The van der Waals surface area contributed by atoms with E-state index in [2.05, 4.69) is 25.7 Å². The molecule has 0 atom stereocenters. The highest BCUT2D eigenvalue weighted by Gasteiger charge is 2.26. The molecule has 0 bridgehead atoms. The fourth-order valence-electron chi connectivity index (χ4n) is 2.74. The lowest BCUT2D eigenvalue weighted by atomic mass is 9.99. The first-order chi connectivity index (χ1) is 12.3. The van der Waals surface area contributed by atoms with E-state index in [1.54, 1.807) is 12.1 Å². The number of benzene rings is 1. The van der Waals surface area contributed by atoms with Crippen molar-refractivity contribution in [2.24, 2.45) is 0 Å². The van der Waals surface area contributed by atoms with Crippen LogP contribution >= 0.6 is 11.6 Å². The molecule has 0 heterocycles. The average Bonchev–Trinajstić information content (AvgIpc) is 2.61. The van der Waals surface area contributed by atoms with E-state index >= 15 is 0 Å². The molecule has 0 radical (unpaired) electrons. The van der Waals surface area contributed by atoms with Crippen molar-refractivity contribution >= 4 is 17.3 Å². The third kappa shape index (κ3) is 6.65. The van der Waals surface area contributed by atoms with Crippen LogP contribution in [0.4, 0.5) is 18.9 Å². The van der Waals surface area contributed by atoms with Crippen molar-refractivity contribution in [2.75, 3.05) is 5.32 Å². The second-order valence-corrected chi connectivity index (χ2v) is 6.63. The van der Waals surface area contributed by atoms with Gasteiger partial charge >= 0.3 is 6.30 Å². The number of halogens is 4. The highest BCUT2D eigenvalue weighted by molar-refractivity contribution is 6.31. The Morgan fingerprint density at radius 3 is 2.38 bits per heavy atom. The third-order valence-corrected chi connectivity index (χ3v) is 4.25. The van der Waals surface area contributed by atoms with Crippen molar-refractivity contribution in [2.45, 2.75) is 45.8 Å². The monoisotopic (exact) mass is 379 g/mol. The van der Waals surface area contributed by atoms with E-state index in [0.29, 0.717) is 10.6 Å². The minimum absolute atomic E-state index is 0.0116. The largest absolute Gasteiger partial charge is 0.482 e. The lowest BCUT2D eigenvalue weighted by Crippen LogP contribution is -2.20. The zero-order valence-corrected chi connectivity index (χ0v) is 15.6. The molecule has 1 nitrogen and oxygen atoms in total. The van der Waals surface area contributed by atoms with Crippen LogP contribution in [0, 0.1) is 11.8 Å². The molecule has 1 aliphatic rings. The van der Waals surface area contributed by atoms with Gasteiger partial charge in [0, 0.05) is 21.9 Å². The van der Waals surface area contributed by atoms with E-state index in [9.17, 15) is 13.2 Å². The summed E-state index contributed by atoms with van der Waals surface area (Å²) in [6.07, 6.45) is 3.28. The molecular weight excluding hydrogens is 359 g/mol. The van der Waals surface area contributed by atoms with Gasteiger partial charge in [-0.15, -0.1) is 0 Å². The molecule has 1 aromatic rings. The summed E-state index contributed by atoms with van der Waals surface area (Å²) in [5.41, 5.74) is 4.01. The van der Waals surface area contributed by atoms with E-state index in [1.807, 2.05) is 12.2 Å². The molecule has 0 aromatic heterocycles. The van der Waals surface area contributed by atoms with E-state index in [-0.39, 0.29) is 5.69 Å². The fourth-order valence-corrected chi connectivity index (χ4v) is 3.03. The third-order valence-electron chi connectivity index (χ3n) is 4.04. The van der Waals surface area contributed by atoms with Crippen molar-refractivity contribution in [3.8, 4) is 11.8 Å². The van der Waals surface area contributed by atoms with Crippen LogP contribution in [0.15, 0.2) is 58.2 Å². The predicted molar refractivity (Wildman–Crippen MR) is 102 cm³/mol. The van der Waals surface area contributed by atoms with Crippen molar-refractivity contribution < 1.29 is 13.2 Å². The van der Waals surface area contributed by atoms with Crippen molar-refractivity contribution in [1.29, 1.82) is 0 Å². The standard InChI is InChI=1S/C21H21ClF3N/c1-3-17-6-4-5-15(2)13-19(22)14-18(17)10-7-16-8-11-20(12-9-16)26-21(23,24)25/h8-9,11-14,26H,3-6H2,1-2H3/b15-13+,18-17-,19-14+. The number of hydrogen-bond acceptors (Lipinski definition) is 1. The summed E-state index contributed by atoms with van der Waals surface area (Å²) in [6.45, 7) is 4.16. The Balaban J connectivity index is 2.28. The van der Waals surface area contributed by atoms with Gasteiger partial charge in [0.25, 0.3) is 0 Å². The molecule has 5 heteroatoms. The lowest BCUT2D eigenvalue weighted by molar-refractivity contribution is -0.0999. The first kappa shape index (κ1) is 20.2. The SMILES string of the molecule is CC/C1=C(C#Cc2ccc(NC(F)(F)F)cc2)/C=C(Cl)\C=C(/C)CCC1. The molecule has 0 fully saturated rings. The van der Waals surface area contributed by atoms with Crippen molar-refractivity contribution in [1.82, 2.24) is 0 Å². The van der Waals surface area contributed by atoms with Gasteiger partial charge in [-0.2, -0.15) is 13.2 Å². The molecule has 1 aliphatic carbocycles. The summed E-state index contributed by atoms with van der Waals surface area (Å²) < 4.78 is 36.9. The molecule has 0 unspecified atom stereocenters. The van der Waals surface area contributed by atoms with E-state index in [0.717, 1.165) is 31.3 Å². The van der Waals surface area contributed by atoms with Gasteiger partial charge in [0.05, 0.1) is 0 Å². The number of anilines is 1. The van der Waals surface area contributed by atoms with Crippen LogP contribution in [0.1, 0.15) is 45.1 Å². The quantitative estimate of drug-likeness (QED) is 0.434. The van der Waals surface area contributed by atoms with E-state index < -0.39 is 6.30 Å². The Morgan fingerprint density at radius 1 is 1.08 bits per heavy atom. The number of hydrogen-bond donors (Lipinski definition) is 1. The Morgan fingerprint density at radius 2 is 1.77 bits per heavy atom. The molecule has 0 saturated heterocycles. The summed E-state index contributed by atoms with van der Waals surface area (Å²) in [5.74, 6) is 6.17. The van der Waals surface area contributed by atoms with Gasteiger partial charge in [-0.3, -0.25) is 5.32 Å². The van der Waals surface area contributed by atoms with Gasteiger partial charge < -0.3 is 0 Å². The van der Waals surface area contributed by atoms with Crippen LogP contribution in [0.25, 0.3) is 0 Å². The van der Waals surface area contributed by atoms with Gasteiger partial charge in [-0.25, -0.2) is 0 Å². The normalized spacial score (nSPS) is 22.5. The zero-order chi connectivity index (χ0) is 19.2.